The van der Waals surface area contributed by atoms with Gasteiger partial charge in [0.1, 0.15) is 23.3 Å². The van der Waals surface area contributed by atoms with Gasteiger partial charge in [0.25, 0.3) is 0 Å². The maximum Gasteiger partial charge on any atom is 0.131 e. The van der Waals surface area contributed by atoms with E-state index in [4.69, 9.17) is 4.74 Å². The molecule has 4 rings (SSSR count). The second-order valence-electron chi connectivity index (χ2n) is 6.05. The zero-order valence-electron chi connectivity index (χ0n) is 13.6. The van der Waals surface area contributed by atoms with Crippen molar-refractivity contribution in [2.45, 2.75) is 29.3 Å². The molecule has 3 aromatic rings. The van der Waals surface area contributed by atoms with Crippen LogP contribution in [0.2, 0.25) is 0 Å². The number of H-pyrrole nitrogens is 1. The predicted octanol–water partition coefficient (Wildman–Crippen LogP) is 4.80. The highest BCUT2D eigenvalue weighted by Gasteiger charge is 2.35. The lowest BCUT2D eigenvalue weighted by atomic mass is 10.0. The van der Waals surface area contributed by atoms with Crippen LogP contribution in [0.5, 0.6) is 0 Å². The highest BCUT2D eigenvalue weighted by molar-refractivity contribution is 8.00. The molecule has 2 atom stereocenters. The fourth-order valence-electron chi connectivity index (χ4n) is 3.03. The molecular formula is C19H15F3N2OS. The van der Waals surface area contributed by atoms with Crippen molar-refractivity contribution >= 4 is 11.8 Å². The van der Waals surface area contributed by atoms with Crippen LogP contribution < -0.4 is 0 Å². The van der Waals surface area contributed by atoms with E-state index in [0.717, 1.165) is 22.3 Å². The Morgan fingerprint density at radius 1 is 1.08 bits per heavy atom. The van der Waals surface area contributed by atoms with Crippen molar-refractivity contribution in [1.82, 2.24) is 9.97 Å². The lowest BCUT2D eigenvalue weighted by Crippen LogP contribution is -2.17. The number of thioether (sulfide) groups is 1. The smallest absolute Gasteiger partial charge is 0.131 e. The third kappa shape index (κ3) is 3.50. The number of fused-ring (bicyclic) bond motifs is 1. The second-order valence-corrected chi connectivity index (χ2v) is 7.33. The van der Waals surface area contributed by atoms with Crippen molar-refractivity contribution in [3.8, 4) is 0 Å². The average Bonchev–Trinajstić information content (AvgIpc) is 3.22. The largest absolute Gasteiger partial charge is 0.368 e. The molecule has 1 N–H and O–H groups in total. The summed E-state index contributed by atoms with van der Waals surface area (Å²) in [7, 11) is 0. The summed E-state index contributed by atoms with van der Waals surface area (Å²) in [6.07, 6.45) is 3.67. The summed E-state index contributed by atoms with van der Waals surface area (Å²) in [6, 6.07) is 7.99. The number of halogens is 3. The summed E-state index contributed by atoms with van der Waals surface area (Å²) < 4.78 is 46.5. The zero-order chi connectivity index (χ0) is 18.1. The van der Waals surface area contributed by atoms with E-state index in [1.165, 1.54) is 36.0 Å². The Morgan fingerprint density at radius 2 is 1.88 bits per heavy atom. The molecule has 0 saturated carbocycles. The van der Waals surface area contributed by atoms with Crippen LogP contribution in [0.1, 0.15) is 23.1 Å². The number of aromatic amines is 1. The molecule has 1 aliphatic heterocycles. The number of benzene rings is 2. The summed E-state index contributed by atoms with van der Waals surface area (Å²) in [5.41, 5.74) is 1.15. The predicted molar refractivity (Wildman–Crippen MR) is 92.2 cm³/mol. The van der Waals surface area contributed by atoms with E-state index in [9.17, 15) is 13.2 Å². The van der Waals surface area contributed by atoms with Crippen molar-refractivity contribution in [3.63, 3.8) is 0 Å². The van der Waals surface area contributed by atoms with Gasteiger partial charge in [0.15, 0.2) is 0 Å². The molecule has 0 saturated heterocycles. The molecule has 2 unspecified atom stereocenters. The first-order valence-corrected chi connectivity index (χ1v) is 8.98. The van der Waals surface area contributed by atoms with E-state index in [-0.39, 0.29) is 29.3 Å². The van der Waals surface area contributed by atoms with Crippen LogP contribution in [0.4, 0.5) is 13.2 Å². The molecule has 3 nitrogen and oxygen atoms in total. The molecule has 0 aliphatic carbocycles. The van der Waals surface area contributed by atoms with Crippen LogP contribution in [0, 0.1) is 17.5 Å². The molecule has 1 aliphatic rings. The highest BCUT2D eigenvalue weighted by atomic mass is 32.2. The standard InChI is InChI=1S/C19H15F3N2OS/c20-12-2-1-11(15(22)7-12)10-25-19-14-4-3-13(21)8-16(14)26-17(19)9-18-23-5-6-24-18/h1-8,17,19H,9-10H2,(H,23,24). The van der Waals surface area contributed by atoms with Crippen LogP contribution in [-0.4, -0.2) is 15.2 Å². The van der Waals surface area contributed by atoms with Gasteiger partial charge in [-0.3, -0.25) is 0 Å². The number of imidazole rings is 1. The Bertz CT molecular complexity index is 917. The monoisotopic (exact) mass is 376 g/mol. The topological polar surface area (TPSA) is 37.9 Å². The van der Waals surface area contributed by atoms with Gasteiger partial charge in [-0.25, -0.2) is 18.2 Å². The fourth-order valence-corrected chi connectivity index (χ4v) is 4.45. The molecular weight excluding hydrogens is 361 g/mol. The van der Waals surface area contributed by atoms with E-state index < -0.39 is 11.6 Å². The molecule has 1 aromatic heterocycles. The van der Waals surface area contributed by atoms with Crippen molar-refractivity contribution in [1.29, 1.82) is 0 Å². The van der Waals surface area contributed by atoms with Gasteiger partial charge in [-0.05, 0) is 23.8 Å². The SMILES string of the molecule is Fc1ccc(COC2c3ccc(F)cc3SC2Cc2ncc[nH]2)c(F)c1. The van der Waals surface area contributed by atoms with Crippen molar-refractivity contribution < 1.29 is 17.9 Å². The van der Waals surface area contributed by atoms with Gasteiger partial charge in [-0.15, -0.1) is 11.8 Å². The zero-order valence-corrected chi connectivity index (χ0v) is 14.4. The summed E-state index contributed by atoms with van der Waals surface area (Å²) in [5.74, 6) is -0.771. The lowest BCUT2D eigenvalue weighted by Gasteiger charge is -2.20. The van der Waals surface area contributed by atoms with Crippen LogP contribution in [0.25, 0.3) is 0 Å². The minimum absolute atomic E-state index is 0.00279. The molecule has 0 fully saturated rings. The molecule has 134 valence electrons. The normalized spacial score (nSPS) is 18.9. The number of hydrogen-bond acceptors (Lipinski definition) is 3. The molecule has 0 bridgehead atoms. The Labute approximate surface area is 152 Å². The molecule has 7 heteroatoms. The lowest BCUT2D eigenvalue weighted by molar-refractivity contribution is 0.0375. The van der Waals surface area contributed by atoms with Crippen LogP contribution in [0.3, 0.4) is 0 Å². The molecule has 2 heterocycles. The summed E-state index contributed by atoms with van der Waals surface area (Å²) in [5, 5.41) is -0.0264. The van der Waals surface area contributed by atoms with Crippen LogP contribution in [-0.2, 0) is 17.8 Å². The number of hydrogen-bond donors (Lipinski definition) is 1. The summed E-state index contributed by atoms with van der Waals surface area (Å²) in [4.78, 5) is 8.10. The maximum atomic E-state index is 13.9. The van der Waals surface area contributed by atoms with E-state index in [1.54, 1.807) is 18.5 Å². The number of nitrogens with one attached hydrogen (secondary N) is 1. The summed E-state index contributed by atoms with van der Waals surface area (Å²) >= 11 is 1.52. The van der Waals surface area contributed by atoms with Gasteiger partial charge in [0.2, 0.25) is 0 Å². The minimum Gasteiger partial charge on any atom is -0.368 e. The first-order chi connectivity index (χ1) is 12.6. The van der Waals surface area contributed by atoms with Gasteiger partial charge in [-0.1, -0.05) is 12.1 Å². The van der Waals surface area contributed by atoms with Gasteiger partial charge in [-0.2, -0.15) is 0 Å². The molecule has 2 aromatic carbocycles. The third-order valence-electron chi connectivity index (χ3n) is 4.28. The van der Waals surface area contributed by atoms with Crippen molar-refractivity contribution in [2.75, 3.05) is 0 Å². The van der Waals surface area contributed by atoms with Gasteiger partial charge >= 0.3 is 0 Å². The van der Waals surface area contributed by atoms with Gasteiger partial charge in [0.05, 0.1) is 12.7 Å². The van der Waals surface area contributed by atoms with Crippen LogP contribution >= 0.6 is 11.8 Å². The molecule has 0 radical (unpaired) electrons. The van der Waals surface area contributed by atoms with Gasteiger partial charge in [0, 0.05) is 40.6 Å². The molecule has 26 heavy (non-hydrogen) atoms. The summed E-state index contributed by atoms with van der Waals surface area (Å²) in [6.45, 7) is 0.00279. The Hall–Kier alpha value is -2.25. The van der Waals surface area contributed by atoms with Crippen LogP contribution in [0.15, 0.2) is 53.7 Å². The minimum atomic E-state index is -0.641. The number of nitrogens with zero attached hydrogens (tertiary/aromatic N) is 1. The quantitative estimate of drug-likeness (QED) is 0.695. The molecule has 0 spiro atoms. The van der Waals surface area contributed by atoms with E-state index in [1.807, 2.05) is 0 Å². The third-order valence-corrected chi connectivity index (χ3v) is 5.61. The fraction of sp³-hybridized carbons (Fsp3) is 0.211. The van der Waals surface area contributed by atoms with Gasteiger partial charge < -0.3 is 9.72 Å². The van der Waals surface area contributed by atoms with Crippen molar-refractivity contribution in [2.24, 2.45) is 0 Å². The Morgan fingerprint density at radius 3 is 2.65 bits per heavy atom. The maximum absolute atomic E-state index is 13.9. The second kappa shape index (κ2) is 7.17. The van der Waals surface area contributed by atoms with E-state index in [0.29, 0.717) is 6.42 Å². The van der Waals surface area contributed by atoms with E-state index in [2.05, 4.69) is 9.97 Å². The van der Waals surface area contributed by atoms with Crippen molar-refractivity contribution in [3.05, 3.63) is 83.2 Å². The molecule has 0 amide bonds. The highest BCUT2D eigenvalue weighted by Crippen LogP contribution is 2.47. The number of aromatic nitrogens is 2. The number of ether oxygens (including phenoxy) is 1. The first-order valence-electron chi connectivity index (χ1n) is 8.10. The Kier molecular flexibility index (Phi) is 4.74. The number of rotatable bonds is 5. The average molecular weight is 376 g/mol. The van der Waals surface area contributed by atoms with E-state index >= 15 is 0 Å². The Balaban J connectivity index is 1.57. The first kappa shape index (κ1) is 17.2.